The second kappa shape index (κ2) is 9.24. The van der Waals surface area contributed by atoms with Crippen molar-refractivity contribution in [1.82, 2.24) is 9.29 Å². The largest absolute Gasteiger partial charge is 0.454 e. The Morgan fingerprint density at radius 2 is 1.73 bits per heavy atom. The normalized spacial score (nSPS) is 19.1. The average Bonchev–Trinajstić information content (AvgIpc) is 3.60. The quantitative estimate of drug-likeness (QED) is 0.509. The van der Waals surface area contributed by atoms with Gasteiger partial charge in [-0.3, -0.25) is 9.78 Å². The number of piperidine rings is 1. The van der Waals surface area contributed by atoms with Gasteiger partial charge in [0, 0.05) is 30.8 Å². The van der Waals surface area contributed by atoms with Crippen LogP contribution in [0, 0.1) is 0 Å². The van der Waals surface area contributed by atoms with Crippen LogP contribution in [0.15, 0.2) is 65.6 Å². The van der Waals surface area contributed by atoms with Gasteiger partial charge in [0.2, 0.25) is 16.8 Å². The number of aliphatic hydroxyl groups is 1. The van der Waals surface area contributed by atoms with Crippen LogP contribution in [0.1, 0.15) is 36.9 Å². The van der Waals surface area contributed by atoms with E-state index in [0.717, 1.165) is 24.0 Å². The molecule has 1 aromatic heterocycles. The first-order valence-electron chi connectivity index (χ1n) is 12.5. The van der Waals surface area contributed by atoms with Gasteiger partial charge in [-0.25, -0.2) is 8.42 Å². The van der Waals surface area contributed by atoms with Crippen molar-refractivity contribution in [2.75, 3.05) is 19.9 Å². The number of sulfonamides is 1. The van der Waals surface area contributed by atoms with Gasteiger partial charge in [0.15, 0.2) is 11.5 Å². The van der Waals surface area contributed by atoms with Gasteiger partial charge in [-0.15, -0.1) is 0 Å². The third-order valence-electron chi connectivity index (χ3n) is 7.57. The number of aliphatic hydroxyl groups excluding tert-OH is 1. The number of ketones is 1. The van der Waals surface area contributed by atoms with Crippen molar-refractivity contribution in [3.8, 4) is 22.8 Å². The molecule has 8 nitrogen and oxygen atoms in total. The SMILES string of the molecule is O=C(Cc1cccc(-c2ccc(S(=O)(=O)N3CCC(O)CC3)cc2)n1)C1(c2ccc3c(c2)OCO3)CC1. The summed E-state index contributed by atoms with van der Waals surface area (Å²) in [6.45, 7) is 0.832. The summed E-state index contributed by atoms with van der Waals surface area (Å²) < 4.78 is 38.3. The number of hydrogen-bond donors (Lipinski definition) is 1. The molecule has 3 aliphatic rings. The number of ether oxygens (including phenoxy) is 2. The van der Waals surface area contributed by atoms with Gasteiger partial charge in [-0.05, 0) is 67.6 Å². The third kappa shape index (κ3) is 4.52. The maximum absolute atomic E-state index is 13.4. The van der Waals surface area contributed by atoms with E-state index >= 15 is 0 Å². The molecule has 1 aliphatic carbocycles. The summed E-state index contributed by atoms with van der Waals surface area (Å²) in [5, 5.41) is 9.68. The number of benzene rings is 2. The Morgan fingerprint density at radius 1 is 1.00 bits per heavy atom. The number of pyridine rings is 1. The Hall–Kier alpha value is -3.27. The van der Waals surface area contributed by atoms with Crippen LogP contribution in [0.5, 0.6) is 11.5 Å². The van der Waals surface area contributed by atoms with Gasteiger partial charge in [0.05, 0.1) is 22.1 Å². The summed E-state index contributed by atoms with van der Waals surface area (Å²) in [6, 6.07) is 18.0. The van der Waals surface area contributed by atoms with Crippen molar-refractivity contribution < 1.29 is 27.8 Å². The topological polar surface area (TPSA) is 106 Å². The lowest BCUT2D eigenvalue weighted by Gasteiger charge is -2.28. The van der Waals surface area contributed by atoms with E-state index in [2.05, 4.69) is 0 Å². The van der Waals surface area contributed by atoms with E-state index in [0.29, 0.717) is 48.8 Å². The van der Waals surface area contributed by atoms with Crippen LogP contribution >= 0.6 is 0 Å². The van der Waals surface area contributed by atoms with Crippen molar-refractivity contribution in [1.29, 1.82) is 0 Å². The fourth-order valence-corrected chi connectivity index (χ4v) is 6.62. The molecule has 1 saturated carbocycles. The van der Waals surface area contributed by atoms with Crippen LogP contribution in [0.25, 0.3) is 11.3 Å². The molecule has 0 spiro atoms. The summed E-state index contributed by atoms with van der Waals surface area (Å²) in [5.41, 5.74) is 2.60. The molecule has 2 aromatic carbocycles. The molecule has 6 rings (SSSR count). The predicted molar refractivity (Wildman–Crippen MR) is 136 cm³/mol. The maximum atomic E-state index is 13.4. The van der Waals surface area contributed by atoms with E-state index in [1.807, 2.05) is 36.4 Å². The number of carbonyl (C=O) groups is 1. The molecule has 1 N–H and O–H groups in total. The molecule has 3 heterocycles. The number of nitrogens with zero attached hydrogens (tertiary/aromatic N) is 2. The molecule has 0 unspecified atom stereocenters. The number of rotatable bonds is 7. The zero-order valence-corrected chi connectivity index (χ0v) is 21.1. The Kier molecular flexibility index (Phi) is 6.01. The minimum absolute atomic E-state index is 0.129. The fraction of sp³-hybridized carbons (Fsp3) is 0.357. The van der Waals surface area contributed by atoms with Gasteiger partial charge < -0.3 is 14.6 Å². The Labute approximate surface area is 215 Å². The van der Waals surface area contributed by atoms with Crippen LogP contribution in [0.2, 0.25) is 0 Å². The van der Waals surface area contributed by atoms with E-state index in [4.69, 9.17) is 14.5 Å². The second-order valence-corrected chi connectivity index (χ2v) is 11.9. The minimum atomic E-state index is -3.61. The molecule has 0 radical (unpaired) electrons. The summed E-state index contributed by atoms with van der Waals surface area (Å²) in [7, 11) is -3.61. The molecule has 0 amide bonds. The highest BCUT2D eigenvalue weighted by molar-refractivity contribution is 7.89. The molecule has 2 fully saturated rings. The van der Waals surface area contributed by atoms with E-state index < -0.39 is 21.5 Å². The van der Waals surface area contributed by atoms with Gasteiger partial charge in [-0.1, -0.05) is 24.3 Å². The lowest BCUT2D eigenvalue weighted by molar-refractivity contribution is -0.120. The van der Waals surface area contributed by atoms with Crippen molar-refractivity contribution >= 4 is 15.8 Å². The number of hydrogen-bond acceptors (Lipinski definition) is 7. The zero-order valence-electron chi connectivity index (χ0n) is 20.3. The smallest absolute Gasteiger partial charge is 0.243 e. The van der Waals surface area contributed by atoms with Crippen LogP contribution in [0.4, 0.5) is 0 Å². The zero-order chi connectivity index (χ0) is 25.6. The molecule has 192 valence electrons. The molecule has 37 heavy (non-hydrogen) atoms. The van der Waals surface area contributed by atoms with E-state index in [9.17, 15) is 18.3 Å². The van der Waals surface area contributed by atoms with Crippen molar-refractivity contribution in [3.63, 3.8) is 0 Å². The fourth-order valence-electron chi connectivity index (χ4n) is 5.15. The van der Waals surface area contributed by atoms with E-state index in [-0.39, 0.29) is 23.9 Å². The predicted octanol–water partition coefficient (Wildman–Crippen LogP) is 3.47. The monoisotopic (exact) mass is 520 g/mol. The Balaban J connectivity index is 1.17. The van der Waals surface area contributed by atoms with Crippen molar-refractivity contribution in [2.45, 2.75) is 48.5 Å². The Morgan fingerprint density at radius 3 is 2.46 bits per heavy atom. The molecular formula is C28H28N2O6S. The van der Waals surface area contributed by atoms with Gasteiger partial charge in [0.25, 0.3) is 0 Å². The van der Waals surface area contributed by atoms with Gasteiger partial charge in [-0.2, -0.15) is 4.31 Å². The molecule has 1 saturated heterocycles. The van der Waals surface area contributed by atoms with Crippen LogP contribution < -0.4 is 9.47 Å². The van der Waals surface area contributed by atoms with Crippen LogP contribution in [-0.4, -0.2) is 54.6 Å². The number of Topliss-reactive ketones (excluding diaryl/α,β-unsaturated/α-hetero) is 1. The third-order valence-corrected chi connectivity index (χ3v) is 9.48. The first-order chi connectivity index (χ1) is 17.8. The number of carbonyl (C=O) groups excluding carboxylic acids is 1. The highest BCUT2D eigenvalue weighted by atomic mass is 32.2. The molecule has 0 atom stereocenters. The molecule has 2 aliphatic heterocycles. The molecular weight excluding hydrogens is 492 g/mol. The highest BCUT2D eigenvalue weighted by Gasteiger charge is 2.51. The van der Waals surface area contributed by atoms with Crippen molar-refractivity contribution in [2.24, 2.45) is 0 Å². The molecule has 9 heteroatoms. The summed E-state index contributed by atoms with van der Waals surface area (Å²) in [4.78, 5) is 18.3. The standard InChI is InChI=1S/C28H28N2O6S/c31-22-10-14-30(15-11-22)37(33,34)23-7-4-19(5-8-23)24-3-1-2-21(29-24)17-27(32)28(12-13-28)20-6-9-25-26(16-20)36-18-35-25/h1-9,16,22,31H,10-15,17-18H2. The lowest BCUT2D eigenvalue weighted by Crippen LogP contribution is -2.39. The first kappa shape index (κ1) is 24.1. The summed E-state index contributed by atoms with van der Waals surface area (Å²) in [5.74, 6) is 1.51. The van der Waals surface area contributed by atoms with Gasteiger partial charge in [0.1, 0.15) is 5.78 Å². The summed E-state index contributed by atoms with van der Waals surface area (Å²) >= 11 is 0. The highest BCUT2D eigenvalue weighted by Crippen LogP contribution is 2.51. The Bertz CT molecular complexity index is 1440. The van der Waals surface area contributed by atoms with Crippen molar-refractivity contribution in [3.05, 3.63) is 71.9 Å². The summed E-state index contributed by atoms with van der Waals surface area (Å²) in [6.07, 6.45) is 2.28. The molecule has 3 aromatic rings. The number of fused-ring (bicyclic) bond motifs is 1. The lowest BCUT2D eigenvalue weighted by atomic mass is 9.88. The van der Waals surface area contributed by atoms with Crippen LogP contribution in [-0.2, 0) is 26.7 Å². The second-order valence-electron chi connectivity index (χ2n) is 9.92. The average molecular weight is 521 g/mol. The minimum Gasteiger partial charge on any atom is -0.454 e. The maximum Gasteiger partial charge on any atom is 0.243 e. The van der Waals surface area contributed by atoms with Crippen LogP contribution in [0.3, 0.4) is 0 Å². The van der Waals surface area contributed by atoms with Gasteiger partial charge >= 0.3 is 0 Å². The first-order valence-corrected chi connectivity index (χ1v) is 14.0. The molecule has 0 bridgehead atoms. The van der Waals surface area contributed by atoms with E-state index in [1.54, 1.807) is 24.3 Å². The van der Waals surface area contributed by atoms with E-state index in [1.165, 1.54) is 4.31 Å². The number of aromatic nitrogens is 1.